The van der Waals surface area contributed by atoms with Crippen LogP contribution in [0.3, 0.4) is 0 Å². The molecule has 1 amide bonds. The quantitative estimate of drug-likeness (QED) is 0.463. The van der Waals surface area contributed by atoms with Crippen LogP contribution >= 0.6 is 0 Å². The zero-order valence-electron chi connectivity index (χ0n) is 18.2. The van der Waals surface area contributed by atoms with Crippen molar-refractivity contribution >= 4 is 11.7 Å². The van der Waals surface area contributed by atoms with Gasteiger partial charge in [0.05, 0.1) is 6.04 Å². The average Bonchev–Trinajstić information content (AvgIpc) is 3.22. The van der Waals surface area contributed by atoms with Crippen LogP contribution in [0, 0.1) is 0 Å². The lowest BCUT2D eigenvalue weighted by Gasteiger charge is -2.36. The van der Waals surface area contributed by atoms with Gasteiger partial charge in [-0.25, -0.2) is 4.99 Å². The lowest BCUT2D eigenvalue weighted by molar-refractivity contribution is -0.124. The van der Waals surface area contributed by atoms with Gasteiger partial charge < -0.3 is 10.6 Å². The number of benzene rings is 4. The van der Waals surface area contributed by atoms with Crippen molar-refractivity contribution in [3.8, 4) is 0 Å². The van der Waals surface area contributed by atoms with Crippen molar-refractivity contribution in [2.75, 3.05) is 0 Å². The number of aliphatic imine (C=N–C) groups is 1. The standard InChI is InChI=1S/C29H25N3O/c30-28(33)29(25-19-11-4-12-20-25)26(23-15-7-2-8-16-23)32(21-22-13-5-1-6-14-22)27(31-29)24-17-9-3-10-18-24/h1-20,26H,21H2,(H2,30,33)/t26-,29-/m1/s1. The molecule has 5 rings (SSSR count). The average molecular weight is 432 g/mol. The molecule has 4 aromatic rings. The van der Waals surface area contributed by atoms with Gasteiger partial charge in [0.25, 0.3) is 5.91 Å². The highest BCUT2D eigenvalue weighted by molar-refractivity contribution is 6.05. The van der Waals surface area contributed by atoms with Crippen LogP contribution in [0.1, 0.15) is 28.3 Å². The maximum Gasteiger partial charge on any atom is 0.252 e. The zero-order chi connectivity index (χ0) is 22.7. The van der Waals surface area contributed by atoms with Gasteiger partial charge >= 0.3 is 0 Å². The van der Waals surface area contributed by atoms with Crippen LogP contribution in [0.2, 0.25) is 0 Å². The van der Waals surface area contributed by atoms with Gasteiger partial charge in [0.15, 0.2) is 5.54 Å². The summed E-state index contributed by atoms with van der Waals surface area (Å²) < 4.78 is 0. The molecule has 33 heavy (non-hydrogen) atoms. The summed E-state index contributed by atoms with van der Waals surface area (Å²) >= 11 is 0. The predicted octanol–water partition coefficient (Wildman–Crippen LogP) is 5.07. The van der Waals surface area contributed by atoms with E-state index in [9.17, 15) is 4.79 Å². The second-order valence-corrected chi connectivity index (χ2v) is 8.22. The number of nitrogens with zero attached hydrogens (tertiary/aromatic N) is 2. The number of primary amides is 1. The first-order valence-corrected chi connectivity index (χ1v) is 11.1. The number of hydrogen-bond acceptors (Lipinski definition) is 3. The molecule has 0 aliphatic carbocycles. The Hall–Kier alpha value is -4.18. The smallest absolute Gasteiger partial charge is 0.252 e. The van der Waals surface area contributed by atoms with Crippen LogP contribution in [0.4, 0.5) is 0 Å². The summed E-state index contributed by atoms with van der Waals surface area (Å²) in [5.74, 6) is 0.294. The van der Waals surface area contributed by atoms with Crippen LogP contribution in [0.25, 0.3) is 0 Å². The second-order valence-electron chi connectivity index (χ2n) is 8.22. The van der Waals surface area contributed by atoms with Crippen molar-refractivity contribution < 1.29 is 4.79 Å². The third-order valence-corrected chi connectivity index (χ3v) is 6.19. The van der Waals surface area contributed by atoms with Crippen LogP contribution in [0.5, 0.6) is 0 Å². The van der Waals surface area contributed by atoms with E-state index in [0.717, 1.165) is 28.1 Å². The summed E-state index contributed by atoms with van der Waals surface area (Å²) in [7, 11) is 0. The molecule has 0 radical (unpaired) electrons. The minimum Gasteiger partial charge on any atom is -0.367 e. The Bertz CT molecular complexity index is 1260. The molecule has 1 aliphatic heterocycles. The van der Waals surface area contributed by atoms with Gasteiger partial charge in [-0.2, -0.15) is 0 Å². The monoisotopic (exact) mass is 431 g/mol. The number of carbonyl (C=O) groups excluding carboxylic acids is 1. The summed E-state index contributed by atoms with van der Waals surface area (Å²) in [6.45, 7) is 0.593. The van der Waals surface area contributed by atoms with Crippen LogP contribution in [-0.2, 0) is 16.9 Å². The molecule has 0 fully saturated rings. The van der Waals surface area contributed by atoms with Gasteiger partial charge in [-0.3, -0.25) is 4.79 Å². The van der Waals surface area contributed by atoms with Crippen molar-refractivity contribution in [3.05, 3.63) is 144 Å². The summed E-state index contributed by atoms with van der Waals surface area (Å²) in [4.78, 5) is 20.8. The van der Waals surface area contributed by atoms with E-state index in [1.807, 2.05) is 109 Å². The molecule has 1 heterocycles. The highest BCUT2D eigenvalue weighted by atomic mass is 16.1. The third-order valence-electron chi connectivity index (χ3n) is 6.19. The number of rotatable bonds is 6. The van der Waals surface area contributed by atoms with Crippen LogP contribution in [0.15, 0.2) is 126 Å². The van der Waals surface area contributed by atoms with E-state index in [-0.39, 0.29) is 0 Å². The van der Waals surface area contributed by atoms with Gasteiger partial charge in [0.2, 0.25) is 0 Å². The molecule has 2 N–H and O–H groups in total. The topological polar surface area (TPSA) is 58.7 Å². The highest BCUT2D eigenvalue weighted by Gasteiger charge is 2.55. The molecule has 4 aromatic carbocycles. The molecule has 4 nitrogen and oxygen atoms in total. The summed E-state index contributed by atoms with van der Waals surface area (Å²) in [6.07, 6.45) is 0. The molecule has 0 unspecified atom stereocenters. The number of amides is 1. The molecule has 2 atom stereocenters. The van der Waals surface area contributed by atoms with Crippen molar-refractivity contribution in [2.24, 2.45) is 10.7 Å². The number of carbonyl (C=O) groups is 1. The third kappa shape index (κ3) is 3.70. The lowest BCUT2D eigenvalue weighted by Crippen LogP contribution is -2.46. The number of nitrogens with two attached hydrogens (primary N) is 1. The van der Waals surface area contributed by atoms with Crippen molar-refractivity contribution in [1.82, 2.24) is 4.90 Å². The Kier molecular flexibility index (Phi) is 5.49. The van der Waals surface area contributed by atoms with Gasteiger partial charge in [0.1, 0.15) is 5.84 Å². The molecule has 1 aliphatic rings. The number of hydrogen-bond donors (Lipinski definition) is 1. The van der Waals surface area contributed by atoms with E-state index in [0.29, 0.717) is 6.54 Å². The Balaban J connectivity index is 1.78. The molecular formula is C29H25N3O. The van der Waals surface area contributed by atoms with E-state index in [4.69, 9.17) is 10.7 Å². The second kappa shape index (κ2) is 8.75. The summed E-state index contributed by atoms with van der Waals surface area (Å²) in [5.41, 5.74) is 8.82. The molecule has 0 saturated heterocycles. The molecule has 0 bridgehead atoms. The molecule has 162 valence electrons. The predicted molar refractivity (Wildman–Crippen MR) is 131 cm³/mol. The molecular weight excluding hydrogens is 406 g/mol. The molecule has 0 saturated carbocycles. The highest BCUT2D eigenvalue weighted by Crippen LogP contribution is 2.48. The zero-order valence-corrected chi connectivity index (χ0v) is 18.2. The van der Waals surface area contributed by atoms with E-state index < -0.39 is 17.5 Å². The van der Waals surface area contributed by atoms with Crippen molar-refractivity contribution in [2.45, 2.75) is 18.1 Å². The van der Waals surface area contributed by atoms with Gasteiger partial charge in [-0.15, -0.1) is 0 Å². The van der Waals surface area contributed by atoms with Gasteiger partial charge in [0, 0.05) is 12.1 Å². The molecule has 4 heteroatoms. The SMILES string of the molecule is NC(=O)[C@]1(c2ccccc2)N=C(c2ccccc2)N(Cc2ccccc2)[C@@H]1c1ccccc1. The van der Waals surface area contributed by atoms with E-state index in [1.54, 1.807) is 0 Å². The minimum absolute atomic E-state index is 0.394. The number of amidine groups is 1. The summed E-state index contributed by atoms with van der Waals surface area (Å²) in [6, 6.07) is 39.6. The largest absolute Gasteiger partial charge is 0.367 e. The van der Waals surface area contributed by atoms with Crippen LogP contribution in [-0.4, -0.2) is 16.6 Å². The minimum atomic E-state index is -1.26. The Morgan fingerprint density at radius 2 is 1.27 bits per heavy atom. The fourth-order valence-electron chi connectivity index (χ4n) is 4.71. The maximum atomic E-state index is 13.4. The lowest BCUT2D eigenvalue weighted by atomic mass is 9.79. The van der Waals surface area contributed by atoms with Crippen LogP contribution < -0.4 is 5.73 Å². The Labute approximate surface area is 194 Å². The Morgan fingerprint density at radius 3 is 1.85 bits per heavy atom. The normalized spacial score (nSPS) is 19.8. The van der Waals surface area contributed by atoms with E-state index in [2.05, 4.69) is 17.0 Å². The van der Waals surface area contributed by atoms with Crippen molar-refractivity contribution in [3.63, 3.8) is 0 Å². The fourth-order valence-corrected chi connectivity index (χ4v) is 4.71. The first-order chi connectivity index (χ1) is 16.2. The fraction of sp³-hybridized carbons (Fsp3) is 0.103. The Morgan fingerprint density at radius 1 is 0.758 bits per heavy atom. The maximum absolute atomic E-state index is 13.4. The van der Waals surface area contributed by atoms with Gasteiger partial charge in [-0.05, 0) is 16.7 Å². The van der Waals surface area contributed by atoms with Gasteiger partial charge in [-0.1, -0.05) is 121 Å². The molecule has 0 aromatic heterocycles. The van der Waals surface area contributed by atoms with E-state index >= 15 is 0 Å². The molecule has 0 spiro atoms. The van der Waals surface area contributed by atoms with Crippen molar-refractivity contribution in [1.29, 1.82) is 0 Å². The summed E-state index contributed by atoms with van der Waals surface area (Å²) in [5, 5.41) is 0. The first kappa shape index (κ1) is 20.7. The van der Waals surface area contributed by atoms with E-state index in [1.165, 1.54) is 0 Å². The first-order valence-electron chi connectivity index (χ1n) is 11.1.